The van der Waals surface area contributed by atoms with Gasteiger partial charge in [0.15, 0.2) is 0 Å². The van der Waals surface area contributed by atoms with Crippen LogP contribution >= 0.6 is 15.9 Å². The van der Waals surface area contributed by atoms with E-state index >= 15 is 0 Å². The summed E-state index contributed by atoms with van der Waals surface area (Å²) in [5, 5.41) is 0. The Morgan fingerprint density at radius 3 is 3.08 bits per heavy atom. The Morgan fingerprint density at radius 2 is 2.33 bits per heavy atom. The number of hydrogen-bond acceptors (Lipinski definition) is 2. The van der Waals surface area contributed by atoms with Crippen LogP contribution in [0, 0.1) is 0 Å². The van der Waals surface area contributed by atoms with Gasteiger partial charge in [-0.15, -0.1) is 0 Å². The van der Waals surface area contributed by atoms with Crippen molar-refractivity contribution in [3.8, 4) is 0 Å². The molecular weight excluding hydrogens is 218 g/mol. The third-order valence-corrected chi connectivity index (χ3v) is 2.76. The molecule has 2 nitrogen and oxygen atoms in total. The molecule has 0 spiro atoms. The largest absolute Gasteiger partial charge is 0.375 e. The molecular formula is C9H10BrNO. The van der Waals surface area contributed by atoms with Crippen LogP contribution in [0.1, 0.15) is 17.2 Å². The average Bonchev–Trinajstić information content (AvgIpc) is 2.04. The number of rotatable bonds is 0. The second-order valence-corrected chi connectivity index (χ2v) is 3.79. The Balaban J connectivity index is 2.53. The van der Waals surface area contributed by atoms with Gasteiger partial charge in [0.1, 0.15) is 0 Å². The van der Waals surface area contributed by atoms with Gasteiger partial charge in [-0.2, -0.15) is 0 Å². The van der Waals surface area contributed by atoms with Crippen LogP contribution in [0.15, 0.2) is 22.7 Å². The van der Waals surface area contributed by atoms with E-state index in [-0.39, 0.29) is 6.04 Å². The minimum Gasteiger partial charge on any atom is -0.375 e. The van der Waals surface area contributed by atoms with Gasteiger partial charge in [0.05, 0.1) is 19.3 Å². The second kappa shape index (κ2) is 3.17. The zero-order chi connectivity index (χ0) is 8.55. The molecule has 0 saturated carbocycles. The summed E-state index contributed by atoms with van der Waals surface area (Å²) in [6, 6.07) is 6.09. The number of benzene rings is 1. The Labute approximate surface area is 79.8 Å². The molecule has 12 heavy (non-hydrogen) atoms. The van der Waals surface area contributed by atoms with E-state index in [0.717, 1.165) is 4.47 Å². The van der Waals surface area contributed by atoms with Crippen molar-refractivity contribution >= 4 is 15.9 Å². The molecule has 1 atom stereocenters. The number of fused-ring (bicyclic) bond motifs is 1. The molecule has 0 saturated heterocycles. The van der Waals surface area contributed by atoms with E-state index in [1.807, 2.05) is 12.1 Å². The SMILES string of the molecule is NC1COCc2cccc(Br)c21. The van der Waals surface area contributed by atoms with Gasteiger partial charge in [0, 0.05) is 4.47 Å². The molecule has 0 amide bonds. The molecule has 0 aromatic heterocycles. The van der Waals surface area contributed by atoms with Gasteiger partial charge >= 0.3 is 0 Å². The predicted octanol–water partition coefficient (Wildman–Crippen LogP) is 1.98. The quantitative estimate of drug-likeness (QED) is 0.736. The fraction of sp³-hybridized carbons (Fsp3) is 0.333. The molecule has 3 heteroatoms. The van der Waals surface area contributed by atoms with Crippen LogP contribution < -0.4 is 5.73 Å². The van der Waals surface area contributed by atoms with E-state index in [1.165, 1.54) is 11.1 Å². The predicted molar refractivity (Wildman–Crippen MR) is 50.7 cm³/mol. The van der Waals surface area contributed by atoms with Crippen molar-refractivity contribution in [3.05, 3.63) is 33.8 Å². The van der Waals surface area contributed by atoms with E-state index in [9.17, 15) is 0 Å². The highest BCUT2D eigenvalue weighted by Gasteiger charge is 2.18. The maximum Gasteiger partial charge on any atom is 0.0721 e. The molecule has 2 rings (SSSR count). The fourth-order valence-corrected chi connectivity index (χ4v) is 2.20. The molecule has 1 aliphatic rings. The Morgan fingerprint density at radius 1 is 1.50 bits per heavy atom. The molecule has 1 aromatic rings. The molecule has 64 valence electrons. The zero-order valence-corrected chi connectivity index (χ0v) is 8.17. The van der Waals surface area contributed by atoms with Gasteiger partial charge in [-0.3, -0.25) is 0 Å². The van der Waals surface area contributed by atoms with Crippen molar-refractivity contribution in [3.63, 3.8) is 0 Å². The highest BCUT2D eigenvalue weighted by Crippen LogP contribution is 2.29. The maximum atomic E-state index is 5.89. The van der Waals surface area contributed by atoms with E-state index in [4.69, 9.17) is 10.5 Å². The van der Waals surface area contributed by atoms with Crippen molar-refractivity contribution in [2.75, 3.05) is 6.61 Å². The molecule has 1 aromatic carbocycles. The zero-order valence-electron chi connectivity index (χ0n) is 6.59. The molecule has 0 bridgehead atoms. The molecule has 0 fully saturated rings. The van der Waals surface area contributed by atoms with Crippen molar-refractivity contribution in [1.82, 2.24) is 0 Å². The van der Waals surface area contributed by atoms with Crippen LogP contribution in [-0.4, -0.2) is 6.61 Å². The summed E-state index contributed by atoms with van der Waals surface area (Å²) < 4.78 is 6.41. The van der Waals surface area contributed by atoms with Crippen molar-refractivity contribution < 1.29 is 4.74 Å². The van der Waals surface area contributed by atoms with Gasteiger partial charge < -0.3 is 10.5 Å². The molecule has 0 radical (unpaired) electrons. The van der Waals surface area contributed by atoms with Gasteiger partial charge in [0.2, 0.25) is 0 Å². The molecule has 2 N–H and O–H groups in total. The Hall–Kier alpha value is -0.380. The first-order chi connectivity index (χ1) is 5.79. The van der Waals surface area contributed by atoms with E-state index in [0.29, 0.717) is 13.2 Å². The summed E-state index contributed by atoms with van der Waals surface area (Å²) in [4.78, 5) is 0. The molecule has 1 unspecified atom stereocenters. The fourth-order valence-electron chi connectivity index (χ4n) is 1.50. The molecule has 1 aliphatic heterocycles. The Kier molecular flexibility index (Phi) is 2.17. The lowest BCUT2D eigenvalue weighted by atomic mass is 10.00. The minimum atomic E-state index is 0.0179. The van der Waals surface area contributed by atoms with Crippen molar-refractivity contribution in [2.24, 2.45) is 5.73 Å². The van der Waals surface area contributed by atoms with Crippen LogP contribution in [0.4, 0.5) is 0 Å². The van der Waals surface area contributed by atoms with E-state index in [2.05, 4.69) is 22.0 Å². The lowest BCUT2D eigenvalue weighted by Gasteiger charge is -2.23. The van der Waals surface area contributed by atoms with E-state index in [1.54, 1.807) is 0 Å². The smallest absolute Gasteiger partial charge is 0.0721 e. The highest BCUT2D eigenvalue weighted by molar-refractivity contribution is 9.10. The first-order valence-corrected chi connectivity index (χ1v) is 4.69. The summed E-state index contributed by atoms with van der Waals surface area (Å²) in [6.45, 7) is 1.30. The summed E-state index contributed by atoms with van der Waals surface area (Å²) in [7, 11) is 0. The number of halogens is 1. The van der Waals surface area contributed by atoms with Gasteiger partial charge in [-0.25, -0.2) is 0 Å². The molecule has 1 heterocycles. The van der Waals surface area contributed by atoms with Crippen LogP contribution in [-0.2, 0) is 11.3 Å². The topological polar surface area (TPSA) is 35.2 Å². The summed E-state index contributed by atoms with van der Waals surface area (Å²) in [5.41, 5.74) is 8.29. The number of nitrogens with two attached hydrogens (primary N) is 1. The average molecular weight is 228 g/mol. The van der Waals surface area contributed by atoms with Crippen LogP contribution in [0.25, 0.3) is 0 Å². The summed E-state index contributed by atoms with van der Waals surface area (Å²) >= 11 is 3.49. The maximum absolute atomic E-state index is 5.89. The normalized spacial score (nSPS) is 22.0. The van der Waals surface area contributed by atoms with Crippen LogP contribution in [0.5, 0.6) is 0 Å². The summed E-state index contributed by atoms with van der Waals surface area (Å²) in [6.07, 6.45) is 0. The lowest BCUT2D eigenvalue weighted by molar-refractivity contribution is 0.0921. The van der Waals surface area contributed by atoms with Crippen LogP contribution in [0.2, 0.25) is 0 Å². The van der Waals surface area contributed by atoms with Crippen molar-refractivity contribution in [2.45, 2.75) is 12.6 Å². The van der Waals surface area contributed by atoms with Gasteiger partial charge in [-0.05, 0) is 17.2 Å². The lowest BCUT2D eigenvalue weighted by Crippen LogP contribution is -2.23. The standard InChI is InChI=1S/C9H10BrNO/c10-7-3-1-2-6-4-12-5-8(11)9(6)7/h1-3,8H,4-5,11H2. The Bertz CT molecular complexity index is 301. The summed E-state index contributed by atoms with van der Waals surface area (Å²) in [5.74, 6) is 0. The first-order valence-electron chi connectivity index (χ1n) is 3.89. The first kappa shape index (κ1) is 8.23. The minimum absolute atomic E-state index is 0.0179. The second-order valence-electron chi connectivity index (χ2n) is 2.93. The van der Waals surface area contributed by atoms with Crippen LogP contribution in [0.3, 0.4) is 0 Å². The number of ether oxygens (including phenoxy) is 1. The van der Waals surface area contributed by atoms with Gasteiger partial charge in [-0.1, -0.05) is 28.1 Å². The third kappa shape index (κ3) is 1.28. The number of hydrogen-bond donors (Lipinski definition) is 1. The van der Waals surface area contributed by atoms with Gasteiger partial charge in [0.25, 0.3) is 0 Å². The highest BCUT2D eigenvalue weighted by atomic mass is 79.9. The third-order valence-electron chi connectivity index (χ3n) is 2.07. The van der Waals surface area contributed by atoms with E-state index < -0.39 is 0 Å². The van der Waals surface area contributed by atoms with Crippen molar-refractivity contribution in [1.29, 1.82) is 0 Å². The monoisotopic (exact) mass is 227 g/mol. The molecule has 0 aliphatic carbocycles.